The molecule has 7 atom stereocenters. The first-order valence-corrected chi connectivity index (χ1v) is 16.9. The van der Waals surface area contributed by atoms with E-state index >= 15 is 0 Å². The van der Waals surface area contributed by atoms with Crippen molar-refractivity contribution in [3.8, 4) is 11.5 Å². The number of fused-ring (bicyclic) bond motifs is 9. The van der Waals surface area contributed by atoms with Gasteiger partial charge in [0.2, 0.25) is 11.8 Å². The number of carbonyl (C=O) groups is 3. The second kappa shape index (κ2) is 11.3. The average Bonchev–Trinajstić information content (AvgIpc) is 3.80. The topological polar surface area (TPSA) is 129 Å². The van der Waals surface area contributed by atoms with Crippen molar-refractivity contribution in [2.75, 3.05) is 16.8 Å². The number of halogens is 3. The lowest BCUT2D eigenvalue weighted by Crippen LogP contribution is -2.42. The van der Waals surface area contributed by atoms with Crippen LogP contribution in [0.1, 0.15) is 28.3 Å². The highest BCUT2D eigenvalue weighted by Gasteiger charge is 2.69. The summed E-state index contributed by atoms with van der Waals surface area (Å²) in [6.45, 7) is -0.250. The van der Waals surface area contributed by atoms with Crippen molar-refractivity contribution >= 4 is 52.2 Å². The number of H-pyrrole nitrogens is 1. The predicted molar refractivity (Wildman–Crippen MR) is 171 cm³/mol. The molecule has 0 radical (unpaired) electrons. The van der Waals surface area contributed by atoms with E-state index in [1.54, 1.807) is 24.3 Å². The number of carbonyl (C=O) groups excluding carboxylic acids is 3. The molecule has 4 aromatic rings. The van der Waals surface area contributed by atoms with Crippen molar-refractivity contribution in [3.63, 3.8) is 0 Å². The minimum atomic E-state index is -4.62. The van der Waals surface area contributed by atoms with Crippen molar-refractivity contribution in [1.29, 1.82) is 0 Å². The molecule has 9 nitrogen and oxygen atoms in total. The maximum absolute atomic E-state index is 13.9. The van der Waals surface area contributed by atoms with Crippen LogP contribution in [0.5, 0.6) is 11.5 Å². The lowest BCUT2D eigenvalue weighted by Gasteiger charge is -2.43. The minimum absolute atomic E-state index is 0.0726. The number of nitrogens with zero attached hydrogens (tertiary/aromatic N) is 1. The summed E-state index contributed by atoms with van der Waals surface area (Å²) in [6.07, 6.45) is -3.98. The van der Waals surface area contributed by atoms with Gasteiger partial charge in [-0.1, -0.05) is 29.5 Å². The molecule has 3 aromatic carbocycles. The second-order valence-electron chi connectivity index (χ2n) is 12.5. The summed E-state index contributed by atoms with van der Waals surface area (Å²) >= 11 is 2.64. The maximum atomic E-state index is 13.9. The van der Waals surface area contributed by atoms with E-state index in [0.29, 0.717) is 17.9 Å². The van der Waals surface area contributed by atoms with Crippen molar-refractivity contribution < 1.29 is 37.4 Å². The largest absolute Gasteiger partial charge is 0.508 e. The highest BCUT2D eigenvalue weighted by molar-refractivity contribution is 8.00. The molecule has 0 spiro atoms. The Labute approximate surface area is 279 Å². The van der Waals surface area contributed by atoms with Gasteiger partial charge in [0, 0.05) is 21.7 Å². The Bertz CT molecular complexity index is 2010. The molecule has 3 heterocycles. The number of rotatable bonds is 6. The van der Waals surface area contributed by atoms with Crippen LogP contribution in [0.4, 0.5) is 24.5 Å². The summed E-state index contributed by atoms with van der Waals surface area (Å²) in [4.78, 5) is 57.2. The van der Waals surface area contributed by atoms with Gasteiger partial charge in [-0.3, -0.25) is 24.1 Å². The zero-order valence-corrected chi connectivity index (χ0v) is 26.4. The maximum Gasteiger partial charge on any atom is 0.416 e. The first kappa shape index (κ1) is 30.8. The molecule has 2 aliphatic heterocycles. The average molecular weight is 694 g/mol. The van der Waals surface area contributed by atoms with Crippen molar-refractivity contribution in [2.45, 2.75) is 28.8 Å². The van der Waals surface area contributed by atoms with Crippen LogP contribution < -0.4 is 19.8 Å². The number of amides is 3. The van der Waals surface area contributed by atoms with Gasteiger partial charge in [-0.2, -0.15) is 13.2 Å². The summed E-state index contributed by atoms with van der Waals surface area (Å²) in [5.41, 5.74) is 0.398. The molecule has 246 valence electrons. The highest BCUT2D eigenvalue weighted by Crippen LogP contribution is 2.68. The molecule has 8 rings (SSSR count). The number of ether oxygens (including phenoxy) is 1. The Balaban J connectivity index is 1.05. The van der Waals surface area contributed by atoms with Crippen LogP contribution in [0.25, 0.3) is 0 Å². The Hall–Kier alpha value is -4.56. The third-order valence-corrected chi connectivity index (χ3v) is 12.5. The van der Waals surface area contributed by atoms with Gasteiger partial charge in [-0.15, -0.1) is 11.8 Å². The highest BCUT2D eigenvalue weighted by atomic mass is 32.2. The van der Waals surface area contributed by atoms with Crippen LogP contribution in [0.3, 0.4) is 0 Å². The number of hydrogen-bond donors (Lipinski definition) is 3. The van der Waals surface area contributed by atoms with Gasteiger partial charge in [-0.05, 0) is 84.3 Å². The van der Waals surface area contributed by atoms with Gasteiger partial charge in [-0.25, -0.2) is 0 Å². The van der Waals surface area contributed by atoms with E-state index in [0.717, 1.165) is 43.8 Å². The van der Waals surface area contributed by atoms with Crippen molar-refractivity contribution in [2.24, 2.45) is 29.6 Å². The number of anilines is 2. The fourth-order valence-electron chi connectivity index (χ4n) is 8.13. The third-order valence-electron chi connectivity index (χ3n) is 9.92. The number of aromatic hydroxyl groups is 1. The lowest BCUT2D eigenvalue weighted by molar-refractivity contribution is -0.137. The number of benzene rings is 3. The molecule has 1 saturated heterocycles. The van der Waals surface area contributed by atoms with E-state index in [1.807, 2.05) is 12.1 Å². The van der Waals surface area contributed by atoms with E-state index in [9.17, 15) is 37.5 Å². The molecular formula is C34H26F3N3O6S2. The summed E-state index contributed by atoms with van der Waals surface area (Å²) in [5, 5.41) is 12.8. The van der Waals surface area contributed by atoms with Crippen LogP contribution in [0.15, 0.2) is 82.6 Å². The number of thioether (sulfide) groups is 1. The van der Waals surface area contributed by atoms with Crippen LogP contribution in [0, 0.1) is 29.6 Å². The van der Waals surface area contributed by atoms with E-state index < -0.39 is 35.4 Å². The van der Waals surface area contributed by atoms with E-state index in [2.05, 4.69) is 10.3 Å². The monoisotopic (exact) mass is 693 g/mol. The predicted octanol–water partition coefficient (Wildman–Crippen LogP) is 5.86. The molecule has 3 amide bonds. The molecule has 2 aliphatic carbocycles. The number of aromatic nitrogens is 1. The number of aromatic amines is 1. The molecule has 48 heavy (non-hydrogen) atoms. The Morgan fingerprint density at radius 3 is 2.40 bits per heavy atom. The molecular weight excluding hydrogens is 668 g/mol. The smallest absolute Gasteiger partial charge is 0.416 e. The van der Waals surface area contributed by atoms with Crippen LogP contribution in [-0.2, 0) is 20.6 Å². The Kier molecular flexibility index (Phi) is 7.22. The standard InChI is InChI=1S/C34H26F3N3O6S2/c35-34(36,37)16-2-1-3-18(12-16)40-31(43)26-21-13-22(27(26)32(40)44)28-25(21)24(29-30(47-28)39-33(45)48-29)15-4-10-20(11-5-15)46-14-23(42)38-17-6-8-19(41)9-7-17/h1-12,21-22,24-28,41H,13-14H2,(H,38,42)(H,39,45)/t21?,22?,24-,25?,26?,27?,28?/m1/s1. The van der Waals surface area contributed by atoms with Crippen LogP contribution >= 0.6 is 23.1 Å². The number of phenolic OH excluding ortho intramolecular Hbond substituents is 1. The lowest BCUT2D eigenvalue weighted by atomic mass is 9.68. The summed E-state index contributed by atoms with van der Waals surface area (Å²) in [6, 6.07) is 17.6. The number of hydrogen-bond acceptors (Lipinski definition) is 8. The third kappa shape index (κ3) is 5.00. The number of alkyl halides is 3. The van der Waals surface area contributed by atoms with E-state index in [-0.39, 0.29) is 57.7 Å². The molecule has 2 saturated carbocycles. The molecule has 3 fully saturated rings. The van der Waals surface area contributed by atoms with Gasteiger partial charge < -0.3 is 20.1 Å². The summed E-state index contributed by atoms with van der Waals surface area (Å²) < 4.78 is 46.2. The fourth-order valence-corrected chi connectivity index (χ4v) is 11.0. The van der Waals surface area contributed by atoms with Crippen LogP contribution in [0.2, 0.25) is 0 Å². The Morgan fingerprint density at radius 2 is 1.69 bits per heavy atom. The minimum Gasteiger partial charge on any atom is -0.508 e. The molecule has 14 heteroatoms. The Morgan fingerprint density at radius 1 is 0.979 bits per heavy atom. The number of nitrogens with one attached hydrogen (secondary N) is 2. The number of phenols is 1. The van der Waals surface area contributed by atoms with Crippen molar-refractivity contribution in [1.82, 2.24) is 4.98 Å². The van der Waals surface area contributed by atoms with Gasteiger partial charge in [0.15, 0.2) is 6.61 Å². The zero-order chi connectivity index (χ0) is 33.5. The SMILES string of the molecule is O=C(COc1ccc([C@H]2c3sc(=O)[nH]c3SC3C4CC(C5C(=O)N(c6cccc(C(F)(F)F)c6)C(=O)C45)C32)cc1)Nc1ccc(O)cc1. The van der Waals surface area contributed by atoms with Gasteiger partial charge in [0.25, 0.3) is 5.91 Å². The molecule has 1 aromatic heterocycles. The first-order valence-electron chi connectivity index (χ1n) is 15.2. The van der Waals surface area contributed by atoms with Crippen LogP contribution in [-0.4, -0.2) is 39.7 Å². The molecule has 2 bridgehead atoms. The zero-order valence-electron chi connectivity index (χ0n) is 24.8. The van der Waals surface area contributed by atoms with Gasteiger partial charge in [0.1, 0.15) is 11.5 Å². The second-order valence-corrected chi connectivity index (χ2v) is 14.7. The first-order chi connectivity index (χ1) is 23.0. The quantitative estimate of drug-likeness (QED) is 0.171. The van der Waals surface area contributed by atoms with Crippen molar-refractivity contribution in [3.05, 3.63) is 98.5 Å². The molecule has 6 unspecified atom stereocenters. The number of imide groups is 1. The normalized spacial score (nSPS) is 27.1. The summed E-state index contributed by atoms with van der Waals surface area (Å²) in [7, 11) is 0. The number of thiazole rings is 1. The van der Waals surface area contributed by atoms with Gasteiger partial charge >= 0.3 is 11.0 Å². The molecule has 4 aliphatic rings. The van der Waals surface area contributed by atoms with Gasteiger partial charge in [0.05, 0.1) is 28.1 Å². The summed E-state index contributed by atoms with van der Waals surface area (Å²) in [5.74, 6) is -2.84. The fraction of sp³-hybridized carbons (Fsp3) is 0.294. The van der Waals surface area contributed by atoms with E-state index in [1.165, 1.54) is 36.0 Å². The molecule has 3 N–H and O–H groups in total. The van der Waals surface area contributed by atoms with E-state index in [4.69, 9.17) is 4.74 Å².